The minimum Gasteiger partial charge on any atom is -0.490 e. The molecule has 0 saturated heterocycles. The second kappa shape index (κ2) is 11.3. The quantitative estimate of drug-likeness (QED) is 0.266. The number of aliphatic hydroxyl groups excluding tert-OH is 1. The van der Waals surface area contributed by atoms with E-state index in [1.165, 1.54) is 11.3 Å². The summed E-state index contributed by atoms with van der Waals surface area (Å²) in [6.07, 6.45) is 1.99. The van der Waals surface area contributed by atoms with E-state index in [-0.39, 0.29) is 18.8 Å². The number of β-amino-alcohol motifs (C(OH)–C–C–N with tert-alkyl or cyclic N) is 1. The summed E-state index contributed by atoms with van der Waals surface area (Å²) in [5.41, 5.74) is 2.61. The van der Waals surface area contributed by atoms with E-state index in [9.17, 15) is 5.11 Å². The molecule has 0 fully saturated rings. The molecular weight excluding hydrogens is 472 g/mol. The second-order valence-electron chi connectivity index (χ2n) is 9.12. The van der Waals surface area contributed by atoms with Crippen LogP contribution in [0.15, 0.2) is 60.8 Å². The van der Waals surface area contributed by atoms with Gasteiger partial charge in [0.2, 0.25) is 0 Å². The second-order valence-corrected chi connectivity index (χ2v) is 10.2. The highest BCUT2D eigenvalue weighted by Gasteiger charge is 2.22. The monoisotopic (exact) mass is 500 g/mol. The zero-order chi connectivity index (χ0) is 25.5. The number of thiophene rings is 1. The van der Waals surface area contributed by atoms with Gasteiger partial charge in [-0.15, -0.1) is 11.3 Å². The van der Waals surface area contributed by atoms with Crippen molar-refractivity contribution < 1.29 is 14.6 Å². The van der Waals surface area contributed by atoms with Crippen LogP contribution in [0.3, 0.4) is 0 Å². The van der Waals surface area contributed by atoms with Gasteiger partial charge < -0.3 is 24.9 Å². The number of nitrogens with zero attached hydrogens (tertiary/aromatic N) is 2. The molecule has 0 radical (unpaired) electrons. The number of hydrogen-bond acceptors (Lipinski definition) is 7. The number of H-pyrrole nitrogens is 1. The van der Waals surface area contributed by atoms with Gasteiger partial charge in [0.1, 0.15) is 41.2 Å². The largest absolute Gasteiger partial charge is 0.490 e. The first-order chi connectivity index (χ1) is 17.4. The van der Waals surface area contributed by atoms with E-state index in [2.05, 4.69) is 30.2 Å². The molecule has 0 saturated carbocycles. The van der Waals surface area contributed by atoms with Crippen molar-refractivity contribution in [2.24, 2.45) is 0 Å². The Labute approximate surface area is 214 Å². The summed E-state index contributed by atoms with van der Waals surface area (Å²) in [5, 5.41) is 33.0. The smallest absolute Gasteiger partial charge is 0.174 e. The predicted molar refractivity (Wildman–Crippen MR) is 141 cm³/mol. The molecule has 0 spiro atoms. The van der Waals surface area contributed by atoms with Gasteiger partial charge >= 0.3 is 0 Å². The van der Waals surface area contributed by atoms with Crippen LogP contribution in [0.5, 0.6) is 11.5 Å². The van der Waals surface area contributed by atoms with Gasteiger partial charge in [0.05, 0.1) is 5.52 Å². The Morgan fingerprint density at radius 2 is 1.86 bits per heavy atom. The molecule has 2 heterocycles. The lowest BCUT2D eigenvalue weighted by molar-refractivity contribution is 0.0991. The van der Waals surface area contributed by atoms with Crippen molar-refractivity contribution in [1.29, 1.82) is 10.5 Å². The van der Waals surface area contributed by atoms with Crippen LogP contribution in [-0.2, 0) is 6.42 Å². The van der Waals surface area contributed by atoms with Crippen molar-refractivity contribution in [3.8, 4) is 34.1 Å². The van der Waals surface area contributed by atoms with Crippen LogP contribution in [0.2, 0.25) is 0 Å². The van der Waals surface area contributed by atoms with Gasteiger partial charge in [-0.2, -0.15) is 10.5 Å². The van der Waals surface area contributed by atoms with Crippen LogP contribution in [0.1, 0.15) is 24.3 Å². The highest BCUT2D eigenvalue weighted by molar-refractivity contribution is 7.16. The number of aromatic amines is 1. The van der Waals surface area contributed by atoms with Crippen molar-refractivity contribution in [3.63, 3.8) is 0 Å². The predicted octanol–water partition coefficient (Wildman–Crippen LogP) is 5.02. The average molecular weight is 501 g/mol. The molecule has 184 valence electrons. The molecule has 36 heavy (non-hydrogen) atoms. The number of ether oxygens (including phenoxy) is 2. The van der Waals surface area contributed by atoms with Crippen molar-refractivity contribution in [2.75, 3.05) is 19.8 Å². The molecule has 0 unspecified atom stereocenters. The maximum Gasteiger partial charge on any atom is 0.174 e. The Kier molecular flexibility index (Phi) is 7.92. The van der Waals surface area contributed by atoms with E-state index in [1.54, 1.807) is 6.07 Å². The molecule has 8 heteroatoms. The number of aromatic nitrogens is 1. The number of benzene rings is 2. The first-order valence-corrected chi connectivity index (χ1v) is 12.5. The SMILES string of the molecule is CC(C)(Cc1c[nH]c2c(OCC#N)cccc12)NC[C@H](O)COc1ccccc1-c1ccc(C#N)s1. The molecule has 0 aliphatic carbocycles. The number of aliphatic hydroxyl groups is 1. The molecular formula is C28H28N4O3S. The minimum absolute atomic E-state index is 0.000813. The van der Waals surface area contributed by atoms with Crippen molar-refractivity contribution in [1.82, 2.24) is 10.3 Å². The third-order valence-electron chi connectivity index (χ3n) is 5.80. The molecule has 1 atom stereocenters. The molecule has 0 aliphatic heterocycles. The summed E-state index contributed by atoms with van der Waals surface area (Å²) in [4.78, 5) is 4.87. The van der Waals surface area contributed by atoms with Crippen LogP contribution >= 0.6 is 11.3 Å². The van der Waals surface area contributed by atoms with Gasteiger partial charge in [-0.25, -0.2) is 0 Å². The zero-order valence-corrected chi connectivity index (χ0v) is 21.1. The molecule has 0 amide bonds. The Bertz CT molecular complexity index is 1410. The van der Waals surface area contributed by atoms with E-state index < -0.39 is 6.10 Å². The molecule has 4 rings (SSSR count). The van der Waals surface area contributed by atoms with Crippen LogP contribution in [0, 0.1) is 22.7 Å². The number of hydrogen-bond donors (Lipinski definition) is 3. The molecule has 4 aromatic rings. The van der Waals surface area contributed by atoms with Crippen molar-refractivity contribution in [3.05, 3.63) is 71.2 Å². The Morgan fingerprint density at radius 3 is 2.64 bits per heavy atom. The third-order valence-corrected chi connectivity index (χ3v) is 6.83. The number of fused-ring (bicyclic) bond motifs is 1. The number of nitriles is 2. The van der Waals surface area contributed by atoms with Crippen molar-refractivity contribution in [2.45, 2.75) is 31.9 Å². The van der Waals surface area contributed by atoms with Gasteiger partial charge in [-0.3, -0.25) is 0 Å². The Balaban J connectivity index is 1.34. The normalized spacial score (nSPS) is 12.1. The lowest BCUT2D eigenvalue weighted by Crippen LogP contribution is -2.46. The Hall–Kier alpha value is -3.82. The third kappa shape index (κ3) is 6.05. The summed E-state index contributed by atoms with van der Waals surface area (Å²) in [5.74, 6) is 1.33. The van der Waals surface area contributed by atoms with Crippen LogP contribution in [0.25, 0.3) is 21.3 Å². The van der Waals surface area contributed by atoms with Gasteiger partial charge in [-0.05, 0) is 56.2 Å². The zero-order valence-electron chi connectivity index (χ0n) is 20.2. The van der Waals surface area contributed by atoms with Gasteiger partial charge in [0.25, 0.3) is 0 Å². The maximum atomic E-state index is 10.6. The van der Waals surface area contributed by atoms with Crippen molar-refractivity contribution >= 4 is 22.2 Å². The fourth-order valence-electron chi connectivity index (χ4n) is 4.08. The van der Waals surface area contributed by atoms with E-state index >= 15 is 0 Å². The first kappa shape index (κ1) is 25.3. The van der Waals surface area contributed by atoms with E-state index in [1.807, 2.05) is 60.8 Å². The standard InChI is InChI=1S/C28H28N4O3S/c1-28(2,14-19-16-31-27-22(19)7-5-9-25(27)34-13-12-29)32-17-20(33)18-35-24-8-4-3-6-23(24)26-11-10-21(15-30)36-26/h3-11,16,20,31-33H,13-14,17-18H2,1-2H3/t20-/m0/s1. The number of nitrogens with one attached hydrogen (secondary N) is 2. The molecule has 7 nitrogen and oxygen atoms in total. The van der Waals surface area contributed by atoms with E-state index in [4.69, 9.17) is 20.0 Å². The summed E-state index contributed by atoms with van der Waals surface area (Å²) < 4.78 is 11.5. The molecule has 3 N–H and O–H groups in total. The summed E-state index contributed by atoms with van der Waals surface area (Å²) in [7, 11) is 0. The lowest BCUT2D eigenvalue weighted by Gasteiger charge is -2.28. The fourth-order valence-corrected chi connectivity index (χ4v) is 4.91. The molecule has 2 aromatic heterocycles. The van der Waals surface area contributed by atoms with E-state index in [0.29, 0.717) is 22.9 Å². The van der Waals surface area contributed by atoms with Gasteiger partial charge in [-0.1, -0.05) is 24.3 Å². The van der Waals surface area contributed by atoms with Crippen LogP contribution in [0.4, 0.5) is 0 Å². The minimum atomic E-state index is -0.704. The Morgan fingerprint density at radius 1 is 1.06 bits per heavy atom. The van der Waals surface area contributed by atoms with Gasteiger partial charge in [0.15, 0.2) is 6.61 Å². The summed E-state index contributed by atoms with van der Waals surface area (Å²) >= 11 is 1.41. The maximum absolute atomic E-state index is 10.6. The fraction of sp³-hybridized carbons (Fsp3) is 0.286. The lowest BCUT2D eigenvalue weighted by atomic mass is 9.94. The van der Waals surface area contributed by atoms with Crippen LogP contribution in [-0.4, -0.2) is 41.5 Å². The highest BCUT2D eigenvalue weighted by Crippen LogP contribution is 2.35. The molecule has 0 bridgehead atoms. The average Bonchev–Trinajstić information content (AvgIpc) is 3.53. The summed E-state index contributed by atoms with van der Waals surface area (Å²) in [6, 6.07) is 21.3. The van der Waals surface area contributed by atoms with Gasteiger partial charge in [0, 0.05) is 34.1 Å². The van der Waals surface area contributed by atoms with E-state index in [0.717, 1.165) is 33.3 Å². The number of para-hydroxylation sites is 2. The highest BCUT2D eigenvalue weighted by atomic mass is 32.1. The first-order valence-electron chi connectivity index (χ1n) is 11.6. The number of rotatable bonds is 11. The molecule has 0 aliphatic rings. The topological polar surface area (TPSA) is 114 Å². The molecule has 2 aromatic carbocycles. The summed E-state index contributed by atoms with van der Waals surface area (Å²) in [6.45, 7) is 4.69. The van der Waals surface area contributed by atoms with Crippen LogP contribution < -0.4 is 14.8 Å².